The first-order chi connectivity index (χ1) is 13.0. The Labute approximate surface area is 158 Å². The average Bonchev–Trinajstić information content (AvgIpc) is 2.68. The van der Waals surface area contributed by atoms with Gasteiger partial charge in [0.25, 0.3) is 5.91 Å². The second kappa shape index (κ2) is 8.09. The molecule has 0 aliphatic carbocycles. The summed E-state index contributed by atoms with van der Waals surface area (Å²) in [6.45, 7) is 0.419. The number of pyridine rings is 1. The highest BCUT2D eigenvalue weighted by molar-refractivity contribution is 6.31. The molecule has 3 rings (SSSR count). The van der Waals surface area contributed by atoms with Crippen molar-refractivity contribution in [3.05, 3.63) is 88.5 Å². The maximum Gasteiger partial charge on any atom is 0.274 e. The van der Waals surface area contributed by atoms with E-state index in [0.717, 1.165) is 17.7 Å². The van der Waals surface area contributed by atoms with Crippen molar-refractivity contribution in [3.8, 4) is 0 Å². The molecule has 2 aromatic carbocycles. The molecule has 0 fully saturated rings. The number of carbonyl (C=O) groups is 1. The minimum Gasteiger partial charge on any atom is -0.381 e. The largest absolute Gasteiger partial charge is 0.381 e. The van der Waals surface area contributed by atoms with Crippen molar-refractivity contribution < 1.29 is 18.0 Å². The number of nitrogens with zero attached hydrogens (tertiary/aromatic N) is 1. The van der Waals surface area contributed by atoms with Crippen LogP contribution < -0.4 is 10.6 Å². The van der Waals surface area contributed by atoms with Crippen molar-refractivity contribution in [2.75, 3.05) is 10.6 Å². The number of anilines is 2. The van der Waals surface area contributed by atoms with Crippen molar-refractivity contribution in [2.24, 2.45) is 0 Å². The molecule has 3 aromatic rings. The molecule has 8 heteroatoms. The first-order valence-electron chi connectivity index (χ1n) is 7.84. The van der Waals surface area contributed by atoms with Crippen molar-refractivity contribution in [1.29, 1.82) is 0 Å². The highest BCUT2D eigenvalue weighted by Gasteiger charge is 2.16. The van der Waals surface area contributed by atoms with Crippen LogP contribution in [0.4, 0.5) is 24.5 Å². The fourth-order valence-corrected chi connectivity index (χ4v) is 2.52. The van der Waals surface area contributed by atoms with Gasteiger partial charge in [0.1, 0.15) is 5.69 Å². The molecule has 138 valence electrons. The molecular weight excluding hydrogens is 379 g/mol. The van der Waals surface area contributed by atoms with E-state index in [9.17, 15) is 18.0 Å². The third-order valence-electron chi connectivity index (χ3n) is 3.72. The lowest BCUT2D eigenvalue weighted by atomic mass is 10.2. The molecule has 1 aromatic heterocycles. The summed E-state index contributed by atoms with van der Waals surface area (Å²) in [6.07, 6.45) is 1.39. The van der Waals surface area contributed by atoms with Crippen LogP contribution in [-0.2, 0) is 6.54 Å². The van der Waals surface area contributed by atoms with Crippen LogP contribution in [0.3, 0.4) is 0 Å². The van der Waals surface area contributed by atoms with Crippen LogP contribution in [0.2, 0.25) is 5.02 Å². The van der Waals surface area contributed by atoms with Gasteiger partial charge in [0.15, 0.2) is 17.5 Å². The van der Waals surface area contributed by atoms with Gasteiger partial charge in [-0.1, -0.05) is 29.8 Å². The van der Waals surface area contributed by atoms with Crippen LogP contribution in [0.15, 0.2) is 54.7 Å². The fraction of sp³-hybridized carbons (Fsp3) is 0.0526. The predicted octanol–water partition coefficient (Wildman–Crippen LogP) is 5.02. The summed E-state index contributed by atoms with van der Waals surface area (Å²) in [5.41, 5.74) is 0.949. The van der Waals surface area contributed by atoms with Crippen molar-refractivity contribution in [3.63, 3.8) is 0 Å². The summed E-state index contributed by atoms with van der Waals surface area (Å²) in [4.78, 5) is 16.1. The number of amides is 1. The van der Waals surface area contributed by atoms with Crippen LogP contribution in [0.1, 0.15) is 16.1 Å². The molecule has 0 saturated carbocycles. The van der Waals surface area contributed by atoms with E-state index in [-0.39, 0.29) is 5.69 Å². The van der Waals surface area contributed by atoms with Crippen LogP contribution in [0.5, 0.6) is 0 Å². The molecule has 4 nitrogen and oxygen atoms in total. The number of aromatic nitrogens is 1. The topological polar surface area (TPSA) is 54.0 Å². The molecule has 1 heterocycles. The first-order valence-corrected chi connectivity index (χ1v) is 8.21. The maximum atomic E-state index is 13.7. The standard InChI is InChI=1S/C19H13ClF3N3O/c20-13-4-2-1-3-11(13)10-25-12-7-8-24-16(9-12)19(27)26-15-6-5-14(21)17(22)18(15)23/h1-9H,10H2,(H,24,25)(H,26,27). The number of nitrogens with one attached hydrogen (secondary N) is 2. The number of halogens is 4. The summed E-state index contributed by atoms with van der Waals surface area (Å²) >= 11 is 6.09. The monoisotopic (exact) mass is 391 g/mol. The third kappa shape index (κ3) is 4.38. The Morgan fingerprint density at radius 2 is 1.81 bits per heavy atom. The SMILES string of the molecule is O=C(Nc1ccc(F)c(F)c1F)c1cc(NCc2ccccc2Cl)ccn1. The normalized spacial score (nSPS) is 10.5. The number of benzene rings is 2. The Balaban J connectivity index is 1.72. The zero-order valence-electron chi connectivity index (χ0n) is 13.8. The van der Waals surface area contributed by atoms with Gasteiger partial charge < -0.3 is 10.6 Å². The average molecular weight is 392 g/mol. The van der Waals surface area contributed by atoms with Gasteiger partial charge in [-0.05, 0) is 35.9 Å². The van der Waals surface area contributed by atoms with Crippen molar-refractivity contribution >= 4 is 28.9 Å². The molecule has 1 amide bonds. The molecule has 0 spiro atoms. The van der Waals surface area contributed by atoms with Gasteiger partial charge in [0.05, 0.1) is 5.69 Å². The minimum atomic E-state index is -1.66. The first kappa shape index (κ1) is 18.7. The molecule has 0 bridgehead atoms. The van der Waals surface area contributed by atoms with Gasteiger partial charge in [-0.2, -0.15) is 0 Å². The molecule has 0 saturated heterocycles. The number of rotatable bonds is 5. The molecule has 0 radical (unpaired) electrons. The zero-order chi connectivity index (χ0) is 19.4. The third-order valence-corrected chi connectivity index (χ3v) is 4.09. The lowest BCUT2D eigenvalue weighted by Gasteiger charge is -2.10. The molecule has 0 atom stereocenters. The van der Waals surface area contributed by atoms with E-state index in [1.54, 1.807) is 12.1 Å². The van der Waals surface area contributed by atoms with Gasteiger partial charge in [-0.15, -0.1) is 0 Å². The summed E-state index contributed by atoms with van der Waals surface area (Å²) in [6, 6.07) is 12.0. The van der Waals surface area contributed by atoms with Gasteiger partial charge in [-0.3, -0.25) is 9.78 Å². The van der Waals surface area contributed by atoms with Crippen molar-refractivity contribution in [2.45, 2.75) is 6.54 Å². The fourth-order valence-electron chi connectivity index (χ4n) is 2.31. The van der Waals surface area contributed by atoms with E-state index in [0.29, 0.717) is 17.3 Å². The quantitative estimate of drug-likeness (QED) is 0.601. The van der Waals surface area contributed by atoms with E-state index in [4.69, 9.17) is 11.6 Å². The summed E-state index contributed by atoms with van der Waals surface area (Å²) in [5.74, 6) is -5.23. The highest BCUT2D eigenvalue weighted by atomic mass is 35.5. The van der Waals surface area contributed by atoms with Crippen LogP contribution in [0, 0.1) is 17.5 Å². The Kier molecular flexibility index (Phi) is 5.61. The second-order valence-corrected chi connectivity index (χ2v) is 5.96. The Morgan fingerprint density at radius 1 is 1.04 bits per heavy atom. The summed E-state index contributed by atoms with van der Waals surface area (Å²) in [5, 5.41) is 5.88. The van der Waals surface area contributed by atoms with Crippen LogP contribution in [-0.4, -0.2) is 10.9 Å². The van der Waals surface area contributed by atoms with E-state index < -0.39 is 29.0 Å². The summed E-state index contributed by atoms with van der Waals surface area (Å²) < 4.78 is 39.9. The molecular formula is C19H13ClF3N3O. The van der Waals surface area contributed by atoms with Gasteiger partial charge in [0, 0.05) is 23.5 Å². The zero-order valence-corrected chi connectivity index (χ0v) is 14.5. The lowest BCUT2D eigenvalue weighted by molar-refractivity contribution is 0.102. The number of hydrogen-bond donors (Lipinski definition) is 2. The van der Waals surface area contributed by atoms with E-state index in [2.05, 4.69) is 15.6 Å². The van der Waals surface area contributed by atoms with Crippen LogP contribution >= 0.6 is 11.6 Å². The number of carbonyl (C=O) groups excluding carboxylic acids is 1. The smallest absolute Gasteiger partial charge is 0.274 e. The molecule has 2 N–H and O–H groups in total. The van der Waals surface area contributed by atoms with E-state index in [1.807, 2.05) is 18.2 Å². The summed E-state index contributed by atoms with van der Waals surface area (Å²) in [7, 11) is 0. The van der Waals surface area contributed by atoms with Crippen molar-refractivity contribution in [1.82, 2.24) is 4.98 Å². The molecule has 0 unspecified atom stereocenters. The van der Waals surface area contributed by atoms with E-state index in [1.165, 1.54) is 12.3 Å². The van der Waals surface area contributed by atoms with Gasteiger partial charge in [-0.25, -0.2) is 13.2 Å². The molecule has 27 heavy (non-hydrogen) atoms. The van der Waals surface area contributed by atoms with E-state index >= 15 is 0 Å². The second-order valence-electron chi connectivity index (χ2n) is 5.55. The van der Waals surface area contributed by atoms with Gasteiger partial charge in [0.2, 0.25) is 0 Å². The van der Waals surface area contributed by atoms with Crippen LogP contribution in [0.25, 0.3) is 0 Å². The minimum absolute atomic E-state index is 0.0247. The Morgan fingerprint density at radius 3 is 2.59 bits per heavy atom. The Bertz CT molecular complexity index is 998. The molecule has 0 aliphatic heterocycles. The highest BCUT2D eigenvalue weighted by Crippen LogP contribution is 2.21. The Hall–Kier alpha value is -3.06. The predicted molar refractivity (Wildman–Crippen MR) is 97.3 cm³/mol. The maximum absolute atomic E-state index is 13.7. The molecule has 0 aliphatic rings. The lowest BCUT2D eigenvalue weighted by Crippen LogP contribution is -2.15. The number of hydrogen-bond acceptors (Lipinski definition) is 3. The van der Waals surface area contributed by atoms with Gasteiger partial charge >= 0.3 is 0 Å².